The Balaban J connectivity index is 2.17. The van der Waals surface area contributed by atoms with Crippen LogP contribution in [0.3, 0.4) is 0 Å². The Kier molecular flexibility index (Phi) is 5.78. The number of nitrogens with one attached hydrogen (secondary N) is 1. The Labute approximate surface area is 129 Å². The molecule has 0 radical (unpaired) electrons. The average molecular weight is 316 g/mol. The predicted molar refractivity (Wildman–Crippen MR) is 87.0 cm³/mol. The first-order valence-electron chi connectivity index (χ1n) is 7.22. The summed E-state index contributed by atoms with van der Waals surface area (Å²) in [6.45, 7) is 2.62. The molecule has 2 rings (SSSR count). The lowest BCUT2D eigenvalue weighted by molar-refractivity contribution is 0.474. The summed E-state index contributed by atoms with van der Waals surface area (Å²) in [6, 6.07) is 0.375. The van der Waals surface area contributed by atoms with Gasteiger partial charge in [0.2, 0.25) is 0 Å². The Bertz CT molecular complexity index is 506. The fourth-order valence-electron chi connectivity index (χ4n) is 2.68. The standard InChI is InChI=1S/C14H22ClN3OS/c1-3-8-18-14(19)13(15)11(9-16-18)17-10-6-4-5-7-12(10)20-2/h9-10,12,17H,3-8H2,1-2H3. The minimum Gasteiger partial charge on any atom is -0.379 e. The quantitative estimate of drug-likeness (QED) is 0.904. The summed E-state index contributed by atoms with van der Waals surface area (Å²) >= 11 is 8.09. The zero-order valence-corrected chi connectivity index (χ0v) is 13.6. The van der Waals surface area contributed by atoms with Gasteiger partial charge in [-0.1, -0.05) is 31.4 Å². The fraction of sp³-hybridized carbons (Fsp3) is 0.714. The van der Waals surface area contributed by atoms with Gasteiger partial charge in [-0.15, -0.1) is 0 Å². The topological polar surface area (TPSA) is 46.9 Å². The first-order chi connectivity index (χ1) is 9.67. The first-order valence-corrected chi connectivity index (χ1v) is 8.89. The van der Waals surface area contributed by atoms with Crippen molar-refractivity contribution in [1.29, 1.82) is 0 Å². The molecule has 112 valence electrons. The maximum atomic E-state index is 12.1. The molecule has 0 aromatic carbocycles. The largest absolute Gasteiger partial charge is 0.379 e. The van der Waals surface area contributed by atoms with Gasteiger partial charge in [0, 0.05) is 17.8 Å². The smallest absolute Gasteiger partial charge is 0.287 e. The second-order valence-electron chi connectivity index (χ2n) is 5.21. The minimum absolute atomic E-state index is 0.199. The van der Waals surface area contributed by atoms with Crippen LogP contribution in [0.2, 0.25) is 5.02 Å². The molecule has 0 aliphatic heterocycles. The summed E-state index contributed by atoms with van der Waals surface area (Å²) in [5.74, 6) is 0. The molecule has 0 amide bonds. The van der Waals surface area contributed by atoms with Crippen molar-refractivity contribution in [3.05, 3.63) is 21.6 Å². The van der Waals surface area contributed by atoms with Gasteiger partial charge in [-0.3, -0.25) is 4.79 Å². The van der Waals surface area contributed by atoms with Gasteiger partial charge in [0.25, 0.3) is 5.56 Å². The van der Waals surface area contributed by atoms with Gasteiger partial charge in [-0.05, 0) is 25.5 Å². The second kappa shape index (κ2) is 7.36. The molecular weight excluding hydrogens is 294 g/mol. The van der Waals surface area contributed by atoms with E-state index in [-0.39, 0.29) is 10.6 Å². The van der Waals surface area contributed by atoms with E-state index in [4.69, 9.17) is 11.6 Å². The van der Waals surface area contributed by atoms with E-state index in [1.54, 1.807) is 6.20 Å². The third kappa shape index (κ3) is 3.50. The summed E-state index contributed by atoms with van der Waals surface area (Å²) < 4.78 is 1.43. The summed E-state index contributed by atoms with van der Waals surface area (Å²) in [5, 5.41) is 8.47. The molecule has 6 heteroatoms. The third-order valence-electron chi connectivity index (χ3n) is 3.77. The number of halogens is 1. The maximum Gasteiger partial charge on any atom is 0.287 e. The highest BCUT2D eigenvalue weighted by atomic mass is 35.5. The summed E-state index contributed by atoms with van der Waals surface area (Å²) in [5.41, 5.74) is 0.477. The molecule has 1 saturated carbocycles. The van der Waals surface area contributed by atoms with Crippen molar-refractivity contribution >= 4 is 29.1 Å². The number of thioether (sulfide) groups is 1. The van der Waals surface area contributed by atoms with Crippen LogP contribution < -0.4 is 10.9 Å². The normalized spacial score (nSPS) is 22.8. The minimum atomic E-state index is -0.199. The first kappa shape index (κ1) is 15.7. The molecule has 2 atom stereocenters. The molecule has 1 aromatic heterocycles. The van der Waals surface area contributed by atoms with E-state index in [9.17, 15) is 4.79 Å². The van der Waals surface area contributed by atoms with Gasteiger partial charge < -0.3 is 5.32 Å². The van der Waals surface area contributed by atoms with E-state index < -0.39 is 0 Å². The highest BCUT2D eigenvalue weighted by molar-refractivity contribution is 7.99. The number of aryl methyl sites for hydroxylation is 1. The monoisotopic (exact) mass is 315 g/mol. The van der Waals surface area contributed by atoms with Crippen LogP contribution in [0, 0.1) is 0 Å². The van der Waals surface area contributed by atoms with Crippen LogP contribution in [0.25, 0.3) is 0 Å². The highest BCUT2D eigenvalue weighted by Crippen LogP contribution is 2.30. The Morgan fingerprint density at radius 1 is 1.50 bits per heavy atom. The summed E-state index contributed by atoms with van der Waals surface area (Å²) in [7, 11) is 0. The number of rotatable bonds is 5. The number of aromatic nitrogens is 2. The van der Waals surface area contributed by atoms with Crippen LogP contribution in [0.4, 0.5) is 5.69 Å². The van der Waals surface area contributed by atoms with Crippen LogP contribution in [-0.4, -0.2) is 27.3 Å². The third-order valence-corrected chi connectivity index (χ3v) is 5.30. The van der Waals surface area contributed by atoms with Gasteiger partial charge in [0.15, 0.2) is 0 Å². The van der Waals surface area contributed by atoms with Gasteiger partial charge in [0.1, 0.15) is 5.02 Å². The van der Waals surface area contributed by atoms with Crippen molar-refractivity contribution in [1.82, 2.24) is 9.78 Å². The molecule has 1 heterocycles. The molecule has 0 spiro atoms. The number of hydrogen-bond donors (Lipinski definition) is 1. The number of nitrogens with zero attached hydrogens (tertiary/aromatic N) is 2. The van der Waals surface area contributed by atoms with Crippen molar-refractivity contribution < 1.29 is 0 Å². The Hall–Kier alpha value is -0.680. The number of hydrogen-bond acceptors (Lipinski definition) is 4. The molecule has 2 unspecified atom stereocenters. The molecule has 1 aromatic rings. The van der Waals surface area contributed by atoms with Crippen LogP contribution in [0.15, 0.2) is 11.0 Å². The summed E-state index contributed by atoms with van der Waals surface area (Å²) in [4.78, 5) is 12.1. The molecule has 4 nitrogen and oxygen atoms in total. The van der Waals surface area contributed by atoms with E-state index in [1.165, 1.54) is 23.9 Å². The summed E-state index contributed by atoms with van der Waals surface area (Å²) in [6.07, 6.45) is 9.55. The zero-order chi connectivity index (χ0) is 14.5. The van der Waals surface area contributed by atoms with E-state index in [2.05, 4.69) is 16.7 Å². The van der Waals surface area contributed by atoms with Crippen LogP contribution in [0.5, 0.6) is 0 Å². The van der Waals surface area contributed by atoms with Gasteiger partial charge in [-0.2, -0.15) is 16.9 Å². The van der Waals surface area contributed by atoms with Crippen molar-refractivity contribution in [3.8, 4) is 0 Å². The molecule has 20 heavy (non-hydrogen) atoms. The van der Waals surface area contributed by atoms with Crippen LogP contribution in [-0.2, 0) is 6.54 Å². The van der Waals surface area contributed by atoms with Crippen LogP contribution >= 0.6 is 23.4 Å². The Morgan fingerprint density at radius 3 is 2.95 bits per heavy atom. The lowest BCUT2D eigenvalue weighted by atomic mass is 9.95. The van der Waals surface area contributed by atoms with E-state index in [0.29, 0.717) is 23.5 Å². The maximum absolute atomic E-state index is 12.1. The molecular formula is C14H22ClN3OS. The van der Waals surface area contributed by atoms with Crippen molar-refractivity contribution in [3.63, 3.8) is 0 Å². The lowest BCUT2D eigenvalue weighted by Crippen LogP contribution is -2.35. The molecule has 0 saturated heterocycles. The van der Waals surface area contributed by atoms with Crippen molar-refractivity contribution in [2.75, 3.05) is 11.6 Å². The fourth-order valence-corrected chi connectivity index (χ4v) is 3.82. The molecule has 1 N–H and O–H groups in total. The Morgan fingerprint density at radius 2 is 2.25 bits per heavy atom. The zero-order valence-electron chi connectivity index (χ0n) is 12.1. The van der Waals surface area contributed by atoms with Crippen LogP contribution in [0.1, 0.15) is 39.0 Å². The molecule has 0 bridgehead atoms. The predicted octanol–water partition coefficient (Wildman–Crippen LogP) is 3.39. The SMILES string of the molecule is CCCn1ncc(NC2CCCCC2SC)c(Cl)c1=O. The molecule has 1 aliphatic carbocycles. The number of anilines is 1. The van der Waals surface area contributed by atoms with Gasteiger partial charge >= 0.3 is 0 Å². The van der Waals surface area contributed by atoms with Gasteiger partial charge in [0.05, 0.1) is 11.9 Å². The van der Waals surface area contributed by atoms with Crippen molar-refractivity contribution in [2.24, 2.45) is 0 Å². The lowest BCUT2D eigenvalue weighted by Gasteiger charge is -2.31. The molecule has 1 aliphatic rings. The van der Waals surface area contributed by atoms with Crippen molar-refractivity contribution in [2.45, 2.75) is 56.9 Å². The molecule has 1 fully saturated rings. The highest BCUT2D eigenvalue weighted by Gasteiger charge is 2.25. The average Bonchev–Trinajstić information content (AvgIpc) is 2.47. The van der Waals surface area contributed by atoms with Gasteiger partial charge in [-0.25, -0.2) is 4.68 Å². The van der Waals surface area contributed by atoms with E-state index in [0.717, 1.165) is 12.8 Å². The van der Waals surface area contributed by atoms with E-state index in [1.807, 2.05) is 18.7 Å². The van der Waals surface area contributed by atoms with E-state index >= 15 is 0 Å². The second-order valence-corrected chi connectivity index (χ2v) is 6.66.